The molecule has 3 aromatic rings. The van der Waals surface area contributed by atoms with Crippen molar-refractivity contribution in [2.75, 3.05) is 11.9 Å². The summed E-state index contributed by atoms with van der Waals surface area (Å²) in [5.41, 5.74) is 4.88. The first kappa shape index (κ1) is 17.7. The normalized spacial score (nSPS) is 10.3. The van der Waals surface area contributed by atoms with Crippen LogP contribution in [0.25, 0.3) is 0 Å². The summed E-state index contributed by atoms with van der Waals surface area (Å²) in [6, 6.07) is 22.0. The standard InChI is InChI=1S/C22H23N3O/c1-17-7-5-6-10-19(17)16-25-22(26)21-15-20(12-14-24-21)23-13-11-18-8-3-2-4-9-18/h2-10,12,14-15H,11,13,16H2,1H3,(H,23,24)(H,25,26). The second-order valence-corrected chi connectivity index (χ2v) is 6.20. The molecule has 0 aliphatic heterocycles. The molecule has 0 saturated heterocycles. The van der Waals surface area contributed by atoms with Crippen molar-refractivity contribution in [1.82, 2.24) is 10.3 Å². The molecule has 0 aliphatic rings. The summed E-state index contributed by atoms with van der Waals surface area (Å²) in [6.07, 6.45) is 2.59. The number of benzene rings is 2. The molecular formula is C22H23N3O. The molecule has 0 atom stereocenters. The van der Waals surface area contributed by atoms with E-state index in [0.717, 1.165) is 29.8 Å². The maximum Gasteiger partial charge on any atom is 0.270 e. The van der Waals surface area contributed by atoms with Gasteiger partial charge in [0.05, 0.1) is 0 Å². The average Bonchev–Trinajstić information content (AvgIpc) is 2.68. The maximum absolute atomic E-state index is 12.4. The van der Waals surface area contributed by atoms with Gasteiger partial charge < -0.3 is 10.6 Å². The van der Waals surface area contributed by atoms with E-state index in [1.165, 1.54) is 5.56 Å². The fourth-order valence-electron chi connectivity index (χ4n) is 2.74. The van der Waals surface area contributed by atoms with Gasteiger partial charge in [-0.05, 0) is 42.2 Å². The van der Waals surface area contributed by atoms with Crippen LogP contribution in [0, 0.1) is 6.92 Å². The Hall–Kier alpha value is -3.14. The molecule has 132 valence electrons. The second-order valence-electron chi connectivity index (χ2n) is 6.20. The van der Waals surface area contributed by atoms with Gasteiger partial charge in [0.25, 0.3) is 5.91 Å². The zero-order valence-corrected chi connectivity index (χ0v) is 14.9. The van der Waals surface area contributed by atoms with Crippen molar-refractivity contribution in [3.05, 3.63) is 95.3 Å². The Morgan fingerprint density at radius 1 is 1.00 bits per heavy atom. The highest BCUT2D eigenvalue weighted by Crippen LogP contribution is 2.10. The zero-order valence-electron chi connectivity index (χ0n) is 14.9. The van der Waals surface area contributed by atoms with Crippen LogP contribution in [0.2, 0.25) is 0 Å². The minimum absolute atomic E-state index is 0.167. The van der Waals surface area contributed by atoms with E-state index in [1.54, 1.807) is 12.3 Å². The molecule has 4 nitrogen and oxygen atoms in total. The van der Waals surface area contributed by atoms with Crippen molar-refractivity contribution < 1.29 is 4.79 Å². The number of amides is 1. The van der Waals surface area contributed by atoms with Crippen molar-refractivity contribution in [2.45, 2.75) is 19.9 Å². The first-order valence-corrected chi connectivity index (χ1v) is 8.79. The number of hydrogen-bond acceptors (Lipinski definition) is 3. The van der Waals surface area contributed by atoms with Gasteiger partial charge in [-0.1, -0.05) is 54.6 Å². The third-order valence-corrected chi connectivity index (χ3v) is 4.28. The van der Waals surface area contributed by atoms with Crippen LogP contribution in [0.1, 0.15) is 27.2 Å². The van der Waals surface area contributed by atoms with Gasteiger partial charge in [0.1, 0.15) is 5.69 Å². The summed E-state index contributed by atoms with van der Waals surface area (Å²) in [5, 5.41) is 6.29. The van der Waals surface area contributed by atoms with Gasteiger partial charge in [-0.3, -0.25) is 9.78 Å². The molecular weight excluding hydrogens is 322 g/mol. The number of nitrogens with one attached hydrogen (secondary N) is 2. The Morgan fingerprint density at radius 3 is 2.58 bits per heavy atom. The Kier molecular flexibility index (Phi) is 5.99. The summed E-state index contributed by atoms with van der Waals surface area (Å²) >= 11 is 0. The van der Waals surface area contributed by atoms with Gasteiger partial charge in [-0.15, -0.1) is 0 Å². The van der Waals surface area contributed by atoms with Crippen molar-refractivity contribution in [3.63, 3.8) is 0 Å². The Balaban J connectivity index is 1.54. The molecule has 4 heteroatoms. The predicted octanol–water partition coefficient (Wildman–Crippen LogP) is 3.97. The van der Waals surface area contributed by atoms with Gasteiger partial charge in [0, 0.05) is 25.0 Å². The van der Waals surface area contributed by atoms with E-state index in [4.69, 9.17) is 0 Å². The Bertz CT molecular complexity index is 862. The van der Waals surface area contributed by atoms with Crippen molar-refractivity contribution in [2.24, 2.45) is 0 Å². The summed E-state index contributed by atoms with van der Waals surface area (Å²) in [4.78, 5) is 16.6. The van der Waals surface area contributed by atoms with E-state index >= 15 is 0 Å². The number of hydrogen-bond donors (Lipinski definition) is 2. The minimum atomic E-state index is -0.167. The number of rotatable bonds is 7. The van der Waals surface area contributed by atoms with Crippen LogP contribution in [-0.2, 0) is 13.0 Å². The van der Waals surface area contributed by atoms with E-state index in [0.29, 0.717) is 12.2 Å². The molecule has 2 aromatic carbocycles. The lowest BCUT2D eigenvalue weighted by Gasteiger charge is -2.10. The molecule has 0 spiro atoms. The second kappa shape index (κ2) is 8.81. The highest BCUT2D eigenvalue weighted by molar-refractivity contribution is 5.93. The molecule has 0 saturated carbocycles. The lowest BCUT2D eigenvalue weighted by molar-refractivity contribution is 0.0946. The monoisotopic (exact) mass is 345 g/mol. The Morgan fingerprint density at radius 2 is 1.77 bits per heavy atom. The van der Waals surface area contributed by atoms with E-state index in [9.17, 15) is 4.79 Å². The molecule has 0 radical (unpaired) electrons. The van der Waals surface area contributed by atoms with Crippen molar-refractivity contribution in [3.8, 4) is 0 Å². The lowest BCUT2D eigenvalue weighted by atomic mass is 10.1. The highest BCUT2D eigenvalue weighted by atomic mass is 16.1. The van der Waals surface area contributed by atoms with E-state index in [-0.39, 0.29) is 5.91 Å². The topological polar surface area (TPSA) is 54.0 Å². The molecule has 0 bridgehead atoms. The number of nitrogens with zero attached hydrogens (tertiary/aromatic N) is 1. The SMILES string of the molecule is Cc1ccccc1CNC(=O)c1cc(NCCc2ccccc2)ccn1. The number of aryl methyl sites for hydroxylation is 1. The highest BCUT2D eigenvalue weighted by Gasteiger charge is 2.08. The van der Waals surface area contributed by atoms with Crippen molar-refractivity contribution in [1.29, 1.82) is 0 Å². The van der Waals surface area contributed by atoms with Gasteiger partial charge in [0.15, 0.2) is 0 Å². The molecule has 0 fully saturated rings. The molecule has 3 rings (SSSR count). The van der Waals surface area contributed by atoms with E-state index < -0.39 is 0 Å². The third-order valence-electron chi connectivity index (χ3n) is 4.28. The minimum Gasteiger partial charge on any atom is -0.385 e. The van der Waals surface area contributed by atoms with Crippen LogP contribution in [0.5, 0.6) is 0 Å². The number of carbonyl (C=O) groups excluding carboxylic acids is 1. The average molecular weight is 345 g/mol. The van der Waals surface area contributed by atoms with Crippen molar-refractivity contribution >= 4 is 11.6 Å². The Labute approximate surface area is 154 Å². The first-order valence-electron chi connectivity index (χ1n) is 8.79. The van der Waals surface area contributed by atoms with E-state index in [1.807, 2.05) is 55.5 Å². The first-order chi connectivity index (χ1) is 12.7. The molecule has 2 N–H and O–H groups in total. The maximum atomic E-state index is 12.4. The molecule has 1 aromatic heterocycles. The summed E-state index contributed by atoms with van der Waals surface area (Å²) < 4.78 is 0. The molecule has 0 aliphatic carbocycles. The fourth-order valence-corrected chi connectivity index (χ4v) is 2.74. The number of carbonyl (C=O) groups is 1. The predicted molar refractivity (Wildman–Crippen MR) is 105 cm³/mol. The number of aromatic nitrogens is 1. The summed E-state index contributed by atoms with van der Waals surface area (Å²) in [5.74, 6) is -0.167. The number of anilines is 1. The summed E-state index contributed by atoms with van der Waals surface area (Å²) in [7, 11) is 0. The van der Waals surface area contributed by atoms with Crippen LogP contribution in [0.3, 0.4) is 0 Å². The third kappa shape index (κ3) is 4.93. The van der Waals surface area contributed by atoms with E-state index in [2.05, 4.69) is 27.8 Å². The summed E-state index contributed by atoms with van der Waals surface area (Å²) in [6.45, 7) is 3.34. The van der Waals surface area contributed by atoms with Crippen LogP contribution in [-0.4, -0.2) is 17.4 Å². The van der Waals surface area contributed by atoms with Crippen LogP contribution < -0.4 is 10.6 Å². The molecule has 0 unspecified atom stereocenters. The molecule has 1 amide bonds. The quantitative estimate of drug-likeness (QED) is 0.681. The number of pyridine rings is 1. The fraction of sp³-hybridized carbons (Fsp3) is 0.182. The largest absolute Gasteiger partial charge is 0.385 e. The van der Waals surface area contributed by atoms with Crippen LogP contribution in [0.4, 0.5) is 5.69 Å². The lowest BCUT2D eigenvalue weighted by Crippen LogP contribution is -2.24. The van der Waals surface area contributed by atoms with Gasteiger partial charge in [-0.2, -0.15) is 0 Å². The van der Waals surface area contributed by atoms with Crippen LogP contribution >= 0.6 is 0 Å². The molecule has 1 heterocycles. The zero-order chi connectivity index (χ0) is 18.2. The smallest absolute Gasteiger partial charge is 0.270 e. The van der Waals surface area contributed by atoms with Crippen LogP contribution in [0.15, 0.2) is 72.9 Å². The molecule has 26 heavy (non-hydrogen) atoms. The van der Waals surface area contributed by atoms with Gasteiger partial charge in [-0.25, -0.2) is 0 Å². The van der Waals surface area contributed by atoms with Gasteiger partial charge in [0.2, 0.25) is 0 Å². The van der Waals surface area contributed by atoms with Gasteiger partial charge >= 0.3 is 0 Å².